The summed E-state index contributed by atoms with van der Waals surface area (Å²) < 4.78 is 36.0. The van der Waals surface area contributed by atoms with E-state index in [0.29, 0.717) is 16.6 Å². The lowest BCUT2D eigenvalue weighted by Crippen LogP contribution is -2.08. The van der Waals surface area contributed by atoms with Gasteiger partial charge >= 0.3 is 6.18 Å². The van der Waals surface area contributed by atoms with Gasteiger partial charge in [0.25, 0.3) is 0 Å². The van der Waals surface area contributed by atoms with E-state index in [0.717, 1.165) is 0 Å². The maximum absolute atomic E-state index is 12.0. The molecular formula is C13H11F3N2O. The Morgan fingerprint density at radius 3 is 2.47 bits per heavy atom. The second-order valence-electron chi connectivity index (χ2n) is 4.15. The molecule has 0 saturated heterocycles. The fourth-order valence-electron chi connectivity index (χ4n) is 1.73. The van der Waals surface area contributed by atoms with Gasteiger partial charge in [-0.3, -0.25) is 14.8 Å². The topological polar surface area (TPSA) is 42.9 Å². The lowest BCUT2D eigenvalue weighted by Gasteiger charge is -2.05. The summed E-state index contributed by atoms with van der Waals surface area (Å²) in [6.07, 6.45) is -2.43. The normalized spacial score (nSPS) is 11.7. The van der Waals surface area contributed by atoms with E-state index in [1.807, 2.05) is 0 Å². The molecule has 0 aliphatic rings. The maximum atomic E-state index is 12.0. The van der Waals surface area contributed by atoms with Crippen LogP contribution in [-0.4, -0.2) is 21.9 Å². The van der Waals surface area contributed by atoms with Crippen LogP contribution in [0.3, 0.4) is 0 Å². The number of alkyl halides is 3. The quantitative estimate of drug-likeness (QED) is 0.796. The standard InChI is InChI=1S/C13H11F3N2O/c14-13(15,16)5-1-2-12(19)9-3-4-10-11(8-9)18-7-6-17-10/h3-4,6-8H,1-2,5H2. The van der Waals surface area contributed by atoms with Crippen molar-refractivity contribution in [3.05, 3.63) is 36.2 Å². The molecule has 2 rings (SSSR count). The van der Waals surface area contributed by atoms with Crippen molar-refractivity contribution < 1.29 is 18.0 Å². The summed E-state index contributed by atoms with van der Waals surface area (Å²) in [5, 5.41) is 0. The van der Waals surface area contributed by atoms with Crippen LogP contribution in [0.25, 0.3) is 11.0 Å². The summed E-state index contributed by atoms with van der Waals surface area (Å²) in [4.78, 5) is 19.9. The Morgan fingerprint density at radius 2 is 1.79 bits per heavy atom. The van der Waals surface area contributed by atoms with Gasteiger partial charge in [-0.2, -0.15) is 13.2 Å². The van der Waals surface area contributed by atoms with Crippen LogP contribution in [0.1, 0.15) is 29.6 Å². The minimum atomic E-state index is -4.21. The highest BCUT2D eigenvalue weighted by molar-refractivity contribution is 5.98. The van der Waals surface area contributed by atoms with Gasteiger partial charge in [0.05, 0.1) is 11.0 Å². The van der Waals surface area contributed by atoms with Gasteiger partial charge in [-0.1, -0.05) is 0 Å². The van der Waals surface area contributed by atoms with Crippen LogP contribution in [0, 0.1) is 0 Å². The molecule has 0 unspecified atom stereocenters. The molecule has 100 valence electrons. The summed E-state index contributed by atoms with van der Waals surface area (Å²) >= 11 is 0. The van der Waals surface area contributed by atoms with E-state index in [1.165, 1.54) is 12.4 Å². The molecule has 0 bridgehead atoms. The first-order valence-electron chi connectivity index (χ1n) is 5.76. The van der Waals surface area contributed by atoms with E-state index in [1.54, 1.807) is 18.2 Å². The van der Waals surface area contributed by atoms with Gasteiger partial charge in [0, 0.05) is 30.8 Å². The predicted molar refractivity (Wildman–Crippen MR) is 63.8 cm³/mol. The van der Waals surface area contributed by atoms with Crippen molar-refractivity contribution >= 4 is 16.8 Å². The van der Waals surface area contributed by atoms with Crippen molar-refractivity contribution in [2.45, 2.75) is 25.4 Å². The summed E-state index contributed by atoms with van der Waals surface area (Å²) in [5.74, 6) is -0.309. The summed E-state index contributed by atoms with van der Waals surface area (Å²) in [6.45, 7) is 0. The summed E-state index contributed by atoms with van der Waals surface area (Å²) in [7, 11) is 0. The van der Waals surface area contributed by atoms with Crippen LogP contribution < -0.4 is 0 Å². The minimum Gasteiger partial charge on any atom is -0.294 e. The molecule has 1 aromatic heterocycles. The van der Waals surface area contributed by atoms with Crippen LogP contribution in [0.4, 0.5) is 13.2 Å². The first kappa shape index (κ1) is 13.5. The van der Waals surface area contributed by atoms with Gasteiger partial charge < -0.3 is 0 Å². The van der Waals surface area contributed by atoms with Crippen LogP contribution in [0.15, 0.2) is 30.6 Å². The van der Waals surface area contributed by atoms with Gasteiger partial charge in [0.2, 0.25) is 0 Å². The molecule has 0 aliphatic carbocycles. The van der Waals surface area contributed by atoms with Crippen LogP contribution >= 0.6 is 0 Å². The molecule has 0 saturated carbocycles. The SMILES string of the molecule is O=C(CCCC(F)(F)F)c1ccc2nccnc2c1. The van der Waals surface area contributed by atoms with Gasteiger partial charge in [-0.25, -0.2) is 0 Å². The zero-order chi connectivity index (χ0) is 13.9. The number of ketones is 1. The molecule has 6 heteroatoms. The zero-order valence-electron chi connectivity index (χ0n) is 9.94. The molecule has 3 nitrogen and oxygen atoms in total. The highest BCUT2D eigenvalue weighted by atomic mass is 19.4. The van der Waals surface area contributed by atoms with Crippen LogP contribution in [0.5, 0.6) is 0 Å². The minimum absolute atomic E-state index is 0.120. The van der Waals surface area contributed by atoms with E-state index < -0.39 is 12.6 Å². The van der Waals surface area contributed by atoms with E-state index in [4.69, 9.17) is 0 Å². The third-order valence-corrected chi connectivity index (χ3v) is 2.66. The van der Waals surface area contributed by atoms with Gasteiger partial charge in [0.1, 0.15) is 0 Å². The van der Waals surface area contributed by atoms with Crippen LogP contribution in [-0.2, 0) is 0 Å². The van der Waals surface area contributed by atoms with E-state index >= 15 is 0 Å². The number of hydrogen-bond acceptors (Lipinski definition) is 3. The Bertz CT molecular complexity index is 596. The second-order valence-corrected chi connectivity index (χ2v) is 4.15. The fraction of sp³-hybridized carbons (Fsp3) is 0.308. The molecule has 19 heavy (non-hydrogen) atoms. The van der Waals surface area contributed by atoms with Gasteiger partial charge in [-0.05, 0) is 24.6 Å². The lowest BCUT2D eigenvalue weighted by molar-refractivity contribution is -0.135. The van der Waals surface area contributed by atoms with Crippen molar-refractivity contribution in [2.75, 3.05) is 0 Å². The highest BCUT2D eigenvalue weighted by Gasteiger charge is 2.26. The molecule has 0 N–H and O–H groups in total. The molecule has 0 radical (unpaired) electrons. The van der Waals surface area contributed by atoms with E-state index in [2.05, 4.69) is 9.97 Å². The number of Topliss-reactive ketones (excluding diaryl/α,β-unsaturated/α-hetero) is 1. The molecule has 1 aromatic carbocycles. The molecule has 0 aliphatic heterocycles. The lowest BCUT2D eigenvalue weighted by atomic mass is 10.0. The van der Waals surface area contributed by atoms with Crippen LogP contribution in [0.2, 0.25) is 0 Å². The van der Waals surface area contributed by atoms with Crippen molar-refractivity contribution in [2.24, 2.45) is 0 Å². The average molecular weight is 268 g/mol. The molecular weight excluding hydrogens is 257 g/mol. The number of benzene rings is 1. The predicted octanol–water partition coefficient (Wildman–Crippen LogP) is 3.55. The van der Waals surface area contributed by atoms with E-state index in [-0.39, 0.29) is 18.6 Å². The maximum Gasteiger partial charge on any atom is 0.389 e. The number of hydrogen-bond donors (Lipinski definition) is 0. The molecule has 0 atom stereocenters. The number of halogens is 3. The fourth-order valence-corrected chi connectivity index (χ4v) is 1.73. The number of fused-ring (bicyclic) bond motifs is 1. The monoisotopic (exact) mass is 268 g/mol. The Kier molecular flexibility index (Phi) is 3.78. The Hall–Kier alpha value is -1.98. The number of rotatable bonds is 4. The van der Waals surface area contributed by atoms with Crippen molar-refractivity contribution in [1.29, 1.82) is 0 Å². The zero-order valence-corrected chi connectivity index (χ0v) is 9.94. The molecule has 0 amide bonds. The number of nitrogens with zero attached hydrogens (tertiary/aromatic N) is 2. The Morgan fingerprint density at radius 1 is 1.11 bits per heavy atom. The number of aromatic nitrogens is 2. The molecule has 0 fully saturated rings. The smallest absolute Gasteiger partial charge is 0.294 e. The Labute approximate surface area is 107 Å². The summed E-state index contributed by atoms with van der Waals surface area (Å²) in [6, 6.07) is 4.75. The summed E-state index contributed by atoms with van der Waals surface area (Å²) in [5.41, 5.74) is 1.58. The third-order valence-electron chi connectivity index (χ3n) is 2.66. The molecule has 2 aromatic rings. The van der Waals surface area contributed by atoms with Gasteiger partial charge in [-0.15, -0.1) is 0 Å². The highest BCUT2D eigenvalue weighted by Crippen LogP contribution is 2.23. The van der Waals surface area contributed by atoms with E-state index in [9.17, 15) is 18.0 Å². The number of carbonyl (C=O) groups excluding carboxylic acids is 1. The first-order valence-corrected chi connectivity index (χ1v) is 5.76. The van der Waals surface area contributed by atoms with Crippen molar-refractivity contribution in [1.82, 2.24) is 9.97 Å². The molecule has 0 spiro atoms. The third kappa shape index (κ3) is 3.74. The largest absolute Gasteiger partial charge is 0.389 e. The second kappa shape index (κ2) is 5.34. The molecule has 1 heterocycles. The Balaban J connectivity index is 2.05. The van der Waals surface area contributed by atoms with Crippen molar-refractivity contribution in [3.8, 4) is 0 Å². The van der Waals surface area contributed by atoms with Gasteiger partial charge in [0.15, 0.2) is 5.78 Å². The average Bonchev–Trinajstić information content (AvgIpc) is 2.36. The number of carbonyl (C=O) groups is 1. The van der Waals surface area contributed by atoms with Crippen molar-refractivity contribution in [3.63, 3.8) is 0 Å². The first-order chi connectivity index (χ1) is 8.96.